The number of likely N-dealkylation sites (tertiary alicyclic amines) is 1. The molecule has 0 radical (unpaired) electrons. The fourth-order valence-electron chi connectivity index (χ4n) is 3.43. The molecule has 2 aliphatic rings. The number of nitrogens with two attached hydrogens (primary N) is 1. The molecule has 17 heavy (non-hydrogen) atoms. The SMILES string of the molecule is Cc1ccncc1CN1CC2CCC(N)C2C1. The summed E-state index contributed by atoms with van der Waals surface area (Å²) in [5.41, 5.74) is 8.88. The Hall–Kier alpha value is -0.930. The van der Waals surface area contributed by atoms with Crippen molar-refractivity contribution in [1.29, 1.82) is 0 Å². The molecule has 1 saturated carbocycles. The van der Waals surface area contributed by atoms with Gasteiger partial charge in [0, 0.05) is 38.1 Å². The average Bonchev–Trinajstić information content (AvgIpc) is 2.85. The van der Waals surface area contributed by atoms with E-state index in [1.807, 2.05) is 12.4 Å². The Balaban J connectivity index is 1.67. The summed E-state index contributed by atoms with van der Waals surface area (Å²) < 4.78 is 0. The van der Waals surface area contributed by atoms with Gasteiger partial charge in [-0.2, -0.15) is 0 Å². The monoisotopic (exact) mass is 231 g/mol. The summed E-state index contributed by atoms with van der Waals surface area (Å²) >= 11 is 0. The summed E-state index contributed by atoms with van der Waals surface area (Å²) in [4.78, 5) is 6.78. The molecule has 1 aromatic heterocycles. The minimum absolute atomic E-state index is 0.444. The van der Waals surface area contributed by atoms with Crippen LogP contribution in [0.15, 0.2) is 18.5 Å². The van der Waals surface area contributed by atoms with Crippen molar-refractivity contribution >= 4 is 0 Å². The molecule has 1 aliphatic heterocycles. The van der Waals surface area contributed by atoms with Crippen molar-refractivity contribution < 1.29 is 0 Å². The van der Waals surface area contributed by atoms with Crippen LogP contribution in [0.5, 0.6) is 0 Å². The maximum atomic E-state index is 6.17. The van der Waals surface area contributed by atoms with Gasteiger partial charge in [-0.05, 0) is 48.8 Å². The fourth-order valence-corrected chi connectivity index (χ4v) is 3.43. The first-order valence-corrected chi connectivity index (χ1v) is 6.61. The molecule has 0 aromatic carbocycles. The van der Waals surface area contributed by atoms with Gasteiger partial charge in [0.2, 0.25) is 0 Å². The first-order valence-electron chi connectivity index (χ1n) is 6.61. The molecule has 3 nitrogen and oxygen atoms in total. The standard InChI is InChI=1S/C14H21N3/c1-10-4-5-16-6-12(10)8-17-7-11-2-3-14(15)13(11)9-17/h4-6,11,13-14H,2-3,7-9,15H2,1H3. The maximum absolute atomic E-state index is 6.17. The zero-order valence-electron chi connectivity index (χ0n) is 10.5. The van der Waals surface area contributed by atoms with E-state index in [2.05, 4.69) is 22.9 Å². The number of pyridine rings is 1. The van der Waals surface area contributed by atoms with E-state index < -0.39 is 0 Å². The molecule has 3 unspecified atom stereocenters. The molecular weight excluding hydrogens is 210 g/mol. The van der Waals surface area contributed by atoms with E-state index in [4.69, 9.17) is 5.73 Å². The van der Waals surface area contributed by atoms with E-state index in [0.29, 0.717) is 6.04 Å². The first-order chi connectivity index (χ1) is 8.24. The van der Waals surface area contributed by atoms with E-state index in [0.717, 1.165) is 18.4 Å². The Kier molecular flexibility index (Phi) is 2.89. The van der Waals surface area contributed by atoms with E-state index in [9.17, 15) is 0 Å². The molecule has 0 amide bonds. The average molecular weight is 231 g/mol. The van der Waals surface area contributed by atoms with Crippen molar-refractivity contribution in [2.75, 3.05) is 13.1 Å². The number of aromatic nitrogens is 1. The minimum atomic E-state index is 0.444. The number of nitrogens with zero attached hydrogens (tertiary/aromatic N) is 2. The van der Waals surface area contributed by atoms with Crippen LogP contribution < -0.4 is 5.73 Å². The molecule has 0 bridgehead atoms. The molecule has 92 valence electrons. The second kappa shape index (κ2) is 4.39. The van der Waals surface area contributed by atoms with Crippen molar-refractivity contribution in [2.24, 2.45) is 17.6 Å². The molecule has 3 rings (SSSR count). The van der Waals surface area contributed by atoms with Crippen molar-refractivity contribution in [3.63, 3.8) is 0 Å². The molecule has 1 aliphatic carbocycles. The first kappa shape index (κ1) is 11.2. The fraction of sp³-hybridized carbons (Fsp3) is 0.643. The zero-order valence-corrected chi connectivity index (χ0v) is 10.5. The summed E-state index contributed by atoms with van der Waals surface area (Å²) in [6.45, 7) is 5.62. The highest BCUT2D eigenvalue weighted by Crippen LogP contribution is 2.37. The highest BCUT2D eigenvalue weighted by Gasteiger charge is 2.40. The van der Waals surface area contributed by atoms with Gasteiger partial charge >= 0.3 is 0 Å². The highest BCUT2D eigenvalue weighted by atomic mass is 15.2. The number of fused-ring (bicyclic) bond motifs is 1. The topological polar surface area (TPSA) is 42.2 Å². The Morgan fingerprint density at radius 3 is 3.06 bits per heavy atom. The third-order valence-electron chi connectivity index (χ3n) is 4.53. The van der Waals surface area contributed by atoms with Crippen LogP contribution in [-0.4, -0.2) is 29.0 Å². The van der Waals surface area contributed by atoms with Crippen LogP contribution in [0.2, 0.25) is 0 Å². The van der Waals surface area contributed by atoms with E-state index in [1.165, 1.54) is 37.1 Å². The third-order valence-corrected chi connectivity index (χ3v) is 4.53. The normalized spacial score (nSPS) is 32.9. The van der Waals surface area contributed by atoms with Gasteiger partial charge in [-0.1, -0.05) is 0 Å². The van der Waals surface area contributed by atoms with Crippen LogP contribution in [-0.2, 0) is 6.54 Å². The second-order valence-electron chi connectivity index (χ2n) is 5.66. The minimum Gasteiger partial charge on any atom is -0.327 e. The van der Waals surface area contributed by atoms with Crippen LogP contribution in [0.1, 0.15) is 24.0 Å². The molecule has 1 saturated heterocycles. The lowest BCUT2D eigenvalue weighted by atomic mass is 9.98. The van der Waals surface area contributed by atoms with E-state index in [1.54, 1.807) is 0 Å². The molecule has 1 aromatic rings. The van der Waals surface area contributed by atoms with Crippen LogP contribution in [0.25, 0.3) is 0 Å². The molecule has 2 heterocycles. The van der Waals surface area contributed by atoms with E-state index in [-0.39, 0.29) is 0 Å². The zero-order chi connectivity index (χ0) is 11.8. The maximum Gasteiger partial charge on any atom is 0.0315 e. The van der Waals surface area contributed by atoms with Gasteiger partial charge in [0.05, 0.1) is 0 Å². The lowest BCUT2D eigenvalue weighted by Crippen LogP contribution is -2.30. The van der Waals surface area contributed by atoms with Gasteiger partial charge in [-0.25, -0.2) is 0 Å². The van der Waals surface area contributed by atoms with Gasteiger partial charge in [-0.15, -0.1) is 0 Å². The number of hydrogen-bond acceptors (Lipinski definition) is 3. The van der Waals surface area contributed by atoms with Gasteiger partial charge in [0.1, 0.15) is 0 Å². The summed E-state index contributed by atoms with van der Waals surface area (Å²) in [5, 5.41) is 0. The third kappa shape index (κ3) is 2.09. The Labute approximate surface area is 103 Å². The Morgan fingerprint density at radius 1 is 1.41 bits per heavy atom. The Morgan fingerprint density at radius 2 is 2.29 bits per heavy atom. The summed E-state index contributed by atoms with van der Waals surface area (Å²) in [6.07, 6.45) is 6.43. The van der Waals surface area contributed by atoms with Crippen LogP contribution >= 0.6 is 0 Å². The van der Waals surface area contributed by atoms with Crippen molar-refractivity contribution in [2.45, 2.75) is 32.4 Å². The lowest BCUT2D eigenvalue weighted by Gasteiger charge is -2.19. The molecule has 2 N–H and O–H groups in total. The van der Waals surface area contributed by atoms with Crippen molar-refractivity contribution in [3.8, 4) is 0 Å². The smallest absolute Gasteiger partial charge is 0.0315 e. The largest absolute Gasteiger partial charge is 0.327 e. The molecule has 2 fully saturated rings. The lowest BCUT2D eigenvalue weighted by molar-refractivity contribution is 0.297. The predicted octanol–water partition coefficient (Wildman–Crippen LogP) is 1.56. The Bertz CT molecular complexity index is 404. The van der Waals surface area contributed by atoms with Crippen LogP contribution in [0, 0.1) is 18.8 Å². The van der Waals surface area contributed by atoms with Crippen molar-refractivity contribution in [3.05, 3.63) is 29.6 Å². The predicted molar refractivity (Wildman–Crippen MR) is 68.4 cm³/mol. The van der Waals surface area contributed by atoms with Gasteiger partial charge < -0.3 is 5.73 Å². The molecular formula is C14H21N3. The molecule has 3 heteroatoms. The summed E-state index contributed by atoms with van der Waals surface area (Å²) in [5.74, 6) is 1.59. The van der Waals surface area contributed by atoms with Crippen LogP contribution in [0.3, 0.4) is 0 Å². The van der Waals surface area contributed by atoms with Gasteiger partial charge in [-0.3, -0.25) is 9.88 Å². The quantitative estimate of drug-likeness (QED) is 0.840. The van der Waals surface area contributed by atoms with Gasteiger partial charge in [0.25, 0.3) is 0 Å². The summed E-state index contributed by atoms with van der Waals surface area (Å²) in [7, 11) is 0. The number of hydrogen-bond donors (Lipinski definition) is 1. The second-order valence-corrected chi connectivity index (χ2v) is 5.66. The molecule has 0 spiro atoms. The summed E-state index contributed by atoms with van der Waals surface area (Å²) in [6, 6.07) is 2.54. The van der Waals surface area contributed by atoms with Crippen molar-refractivity contribution in [1.82, 2.24) is 9.88 Å². The number of rotatable bonds is 2. The highest BCUT2D eigenvalue weighted by molar-refractivity contribution is 5.21. The van der Waals surface area contributed by atoms with E-state index >= 15 is 0 Å². The number of aryl methyl sites for hydroxylation is 1. The van der Waals surface area contributed by atoms with Gasteiger partial charge in [0.15, 0.2) is 0 Å². The van der Waals surface area contributed by atoms with Crippen LogP contribution in [0.4, 0.5) is 0 Å². The molecule has 3 atom stereocenters.